The second-order valence-corrected chi connectivity index (χ2v) is 27.0. The molecule has 0 spiro atoms. The number of pyridine rings is 4. The fourth-order valence-electron chi connectivity index (χ4n) is 11.2. The van der Waals surface area contributed by atoms with Crippen LogP contribution in [0, 0.1) is 71.7 Å². The van der Waals surface area contributed by atoms with E-state index in [4.69, 9.17) is 30.4 Å². The Labute approximate surface area is 723 Å². The maximum absolute atomic E-state index is 10.0. The van der Waals surface area contributed by atoms with Gasteiger partial charge in [-0.05, 0) is 174 Å². The van der Waals surface area contributed by atoms with Crippen LogP contribution in [0.25, 0.3) is 89.1 Å². The first kappa shape index (κ1) is 101. The second-order valence-electron chi connectivity index (χ2n) is 27.0. The number of hydrogen-bond donors (Lipinski definition) is 4. The van der Waals surface area contributed by atoms with Gasteiger partial charge in [0.05, 0.1) is 34.1 Å². The van der Waals surface area contributed by atoms with Crippen LogP contribution < -0.4 is 0 Å². The third-order valence-electron chi connectivity index (χ3n) is 15.5. The van der Waals surface area contributed by atoms with Crippen molar-refractivity contribution in [1.29, 1.82) is 0 Å². The molecule has 8 aromatic carbocycles. The van der Waals surface area contributed by atoms with Crippen LogP contribution in [-0.4, -0.2) is 63.5 Å². The van der Waals surface area contributed by atoms with E-state index in [1.54, 1.807) is 0 Å². The fourth-order valence-corrected chi connectivity index (χ4v) is 11.2. The summed E-state index contributed by atoms with van der Waals surface area (Å²) in [7, 11) is 0. The van der Waals surface area contributed by atoms with E-state index in [0.29, 0.717) is 5.92 Å². The molecule has 0 aliphatic carbocycles. The number of nitrogens with zero attached hydrogens (tertiary/aromatic N) is 4. The number of aliphatic hydroxyl groups is 4. The molecular formula is C97H102Ir4N4O8-4. The van der Waals surface area contributed by atoms with Crippen molar-refractivity contribution in [3.8, 4) is 67.3 Å². The first-order chi connectivity index (χ1) is 51.8. The van der Waals surface area contributed by atoms with Crippen LogP contribution in [0.4, 0.5) is 0 Å². The van der Waals surface area contributed by atoms with E-state index >= 15 is 0 Å². The Morgan fingerprint density at radius 3 is 1.23 bits per heavy atom. The van der Waals surface area contributed by atoms with Gasteiger partial charge in [-0.15, -0.1) is 142 Å². The molecule has 0 bridgehead atoms. The van der Waals surface area contributed by atoms with Crippen molar-refractivity contribution in [3.63, 3.8) is 0 Å². The predicted molar refractivity (Wildman–Crippen MR) is 449 cm³/mol. The van der Waals surface area contributed by atoms with Crippen molar-refractivity contribution >= 4 is 44.9 Å². The van der Waals surface area contributed by atoms with Gasteiger partial charge in [0.1, 0.15) is 0 Å². The summed E-state index contributed by atoms with van der Waals surface area (Å²) < 4.78 is 0. The zero-order chi connectivity index (χ0) is 80.1. The minimum Gasteiger partial charge on any atom is -0.512 e. The summed E-state index contributed by atoms with van der Waals surface area (Å²) in [4.78, 5) is 58.6. The molecule has 12 aromatic rings. The average Bonchev–Trinajstić information content (AvgIpc) is 0.802. The molecule has 0 saturated carbocycles. The topological polar surface area (TPSA) is 201 Å². The van der Waals surface area contributed by atoms with Crippen molar-refractivity contribution in [2.45, 2.75) is 137 Å². The molecule has 0 atom stereocenters. The Hall–Kier alpha value is -9.68. The van der Waals surface area contributed by atoms with Gasteiger partial charge in [0.15, 0.2) is 23.1 Å². The zero-order valence-electron chi connectivity index (χ0n) is 67.3. The second kappa shape index (κ2) is 53.3. The number of benzene rings is 8. The molecule has 0 aliphatic rings. The van der Waals surface area contributed by atoms with Crippen LogP contribution in [0.5, 0.6) is 0 Å². The van der Waals surface area contributed by atoms with E-state index in [1.807, 2.05) is 73.1 Å². The monoisotopic (exact) mass is 2220 g/mol. The predicted octanol–water partition coefficient (Wildman–Crippen LogP) is 24.0. The van der Waals surface area contributed by atoms with E-state index in [1.165, 1.54) is 146 Å². The number of carbonyl (C=O) groups is 4. The van der Waals surface area contributed by atoms with Gasteiger partial charge in [-0.25, -0.2) is 0 Å². The van der Waals surface area contributed by atoms with Gasteiger partial charge < -0.3 is 30.4 Å². The Morgan fingerprint density at radius 2 is 0.823 bits per heavy atom. The standard InChI is InChI=1S/C21H22N.C20H20N.2C18H14N.4C5H8O2.4Ir/c1-14(2)10-17-6-5-7-21-19(17)8-9-20(22-21)18-12-15(3)11-16(4)13-18;1-4-5-16-6-7-17-8-9-19(21-20(17)13-16)18-11-14(2)10-15(3)12-18;1-14-6-5-9-16(12-14)17-10-11-19-18(13-17)15-7-3-2-4-8-15;1-14-7-9-15(10-8-14)17-11-12-19-18(13-17)16-5-3-2-4-6-16;4*1-4(6)3-5(2)7;;;;/h5-9,11-12,14H,10H2,1-4H3;6-11,13H,4-5H2,1-3H3;2-7,9-13H,1H3;2-5,7-13H,1H3;4*3,6H,1-2H3;;;;/q4*-1;;;;;;;;. The Kier molecular flexibility index (Phi) is 47.8. The largest absolute Gasteiger partial charge is 0.512 e. The smallest absolute Gasteiger partial charge is 0.155 e. The molecule has 12 rings (SSSR count). The molecule has 0 unspecified atom stereocenters. The van der Waals surface area contributed by atoms with Crippen LogP contribution in [0.1, 0.15) is 127 Å². The van der Waals surface area contributed by atoms with Gasteiger partial charge in [-0.3, -0.25) is 29.1 Å². The van der Waals surface area contributed by atoms with E-state index in [0.717, 1.165) is 86.5 Å². The number of aliphatic hydroxyl groups excluding tert-OH is 4. The molecule has 16 heteroatoms. The number of rotatable bonds is 14. The molecule has 0 saturated heterocycles. The number of carbonyl (C=O) groups excluding carboxylic acids is 4. The first-order valence-corrected chi connectivity index (χ1v) is 36.2. The van der Waals surface area contributed by atoms with Crippen LogP contribution in [0.15, 0.2) is 266 Å². The van der Waals surface area contributed by atoms with Gasteiger partial charge in [0, 0.05) is 123 Å². The van der Waals surface area contributed by atoms with Crippen LogP contribution in [-0.2, 0) is 112 Å². The zero-order valence-corrected chi connectivity index (χ0v) is 76.9. The molecule has 4 heterocycles. The van der Waals surface area contributed by atoms with E-state index < -0.39 is 0 Å². The van der Waals surface area contributed by atoms with E-state index in [-0.39, 0.29) is 127 Å². The summed E-state index contributed by atoms with van der Waals surface area (Å²) in [5, 5.41) is 35.9. The molecule has 0 aliphatic heterocycles. The summed E-state index contributed by atoms with van der Waals surface area (Å²) in [5.41, 5.74) is 25.2. The van der Waals surface area contributed by atoms with Gasteiger partial charge in [0.25, 0.3) is 0 Å². The number of aromatic nitrogens is 4. The Morgan fingerprint density at radius 1 is 0.389 bits per heavy atom. The average molecular weight is 2220 g/mol. The summed E-state index contributed by atoms with van der Waals surface area (Å²) in [6.45, 7) is 30.7. The van der Waals surface area contributed by atoms with Crippen molar-refractivity contribution in [1.82, 2.24) is 19.9 Å². The van der Waals surface area contributed by atoms with Gasteiger partial charge in [0.2, 0.25) is 0 Å². The molecule has 0 amide bonds. The van der Waals surface area contributed by atoms with Gasteiger partial charge >= 0.3 is 0 Å². The summed E-state index contributed by atoms with van der Waals surface area (Å²) in [6, 6.07) is 84.6. The first-order valence-electron chi connectivity index (χ1n) is 36.2. The molecule has 4 N–H and O–H groups in total. The maximum Gasteiger partial charge on any atom is 0.155 e. The summed E-state index contributed by atoms with van der Waals surface area (Å²) in [5.74, 6) is 0.401. The number of fused-ring (bicyclic) bond motifs is 2. The molecule has 4 radical (unpaired) electrons. The van der Waals surface area contributed by atoms with Gasteiger partial charge in [-0.2, -0.15) is 0 Å². The van der Waals surface area contributed by atoms with Crippen molar-refractivity contribution in [2.75, 3.05) is 0 Å². The van der Waals surface area contributed by atoms with E-state index in [2.05, 4.69) is 242 Å². The number of allylic oxidation sites excluding steroid dienone is 8. The third-order valence-corrected chi connectivity index (χ3v) is 15.5. The quantitative estimate of drug-likeness (QED) is 0.0457. The molecule has 113 heavy (non-hydrogen) atoms. The normalized spacial score (nSPS) is 10.6. The number of ketones is 4. The molecule has 4 aromatic heterocycles. The number of aryl methyl sites for hydroxylation is 7. The van der Waals surface area contributed by atoms with Crippen LogP contribution in [0.2, 0.25) is 0 Å². The van der Waals surface area contributed by atoms with E-state index in [9.17, 15) is 19.2 Å². The fraction of sp³-hybridized carbons (Fsp3) is 0.216. The minimum absolute atomic E-state index is 0. The Balaban J connectivity index is 0.000000671. The van der Waals surface area contributed by atoms with Crippen molar-refractivity contribution in [2.24, 2.45) is 5.92 Å². The van der Waals surface area contributed by atoms with Crippen LogP contribution >= 0.6 is 0 Å². The molecule has 598 valence electrons. The molecular weight excluding hydrogens is 2120 g/mol. The maximum atomic E-state index is 10.0. The Bertz CT molecular complexity index is 4950. The SMILES string of the molecule is CC(=O)C=C(C)O.CC(=O)C=C(C)O.CC(=O)C=C(C)O.CC(=O)C=C(C)O.CCCc1ccc2ccc(-c3[c-]c(C)cc(C)c3)nc2c1.Cc1[c-]c(-c2ccc3c(CC(C)C)cccc3n2)cc(C)c1.Cc1ccc(-c2ccnc(-c3[c-]cccc3)c2)cc1.Cc1cccc(-c2ccnc(-c3[c-]cccc3)c2)c1.[Ir].[Ir].[Ir].[Ir]. The summed E-state index contributed by atoms with van der Waals surface area (Å²) >= 11 is 0. The summed E-state index contributed by atoms with van der Waals surface area (Å²) in [6.07, 6.45) is 11.7. The third kappa shape index (κ3) is 39.1. The minimum atomic E-state index is -0.125. The number of hydrogen-bond acceptors (Lipinski definition) is 12. The van der Waals surface area contributed by atoms with Crippen molar-refractivity contribution in [3.05, 3.63) is 335 Å². The van der Waals surface area contributed by atoms with Crippen LogP contribution in [0.3, 0.4) is 0 Å². The molecule has 12 nitrogen and oxygen atoms in total. The molecule has 0 fully saturated rings. The van der Waals surface area contributed by atoms with Gasteiger partial charge in [-0.1, -0.05) is 175 Å². The van der Waals surface area contributed by atoms with Crippen molar-refractivity contribution < 1.29 is 120 Å².